The van der Waals surface area contributed by atoms with Gasteiger partial charge in [-0.1, -0.05) is 35.9 Å². The molecule has 0 saturated heterocycles. The average Bonchev–Trinajstić information content (AvgIpc) is 2.52. The molecule has 21 heavy (non-hydrogen) atoms. The van der Waals surface area contributed by atoms with E-state index in [0.29, 0.717) is 22.1 Å². The zero-order chi connectivity index (χ0) is 15.2. The summed E-state index contributed by atoms with van der Waals surface area (Å²) in [5.41, 5.74) is 1.40. The molecule has 0 bridgehead atoms. The molecule has 108 valence electrons. The topological polar surface area (TPSA) is 35.5 Å². The van der Waals surface area contributed by atoms with Crippen molar-refractivity contribution in [2.24, 2.45) is 0 Å². The highest BCUT2D eigenvalue weighted by molar-refractivity contribution is 6.31. The lowest BCUT2D eigenvalue weighted by atomic mass is 10.1. The fourth-order valence-corrected chi connectivity index (χ4v) is 2.06. The van der Waals surface area contributed by atoms with Crippen LogP contribution < -0.4 is 9.47 Å². The molecule has 0 amide bonds. The van der Waals surface area contributed by atoms with E-state index in [2.05, 4.69) is 0 Å². The molecule has 2 aromatic carbocycles. The van der Waals surface area contributed by atoms with Gasteiger partial charge in [0, 0.05) is 10.6 Å². The van der Waals surface area contributed by atoms with Crippen molar-refractivity contribution in [2.75, 3.05) is 14.2 Å². The fourth-order valence-electron chi connectivity index (χ4n) is 1.87. The maximum absolute atomic E-state index is 12.0. The second-order valence-electron chi connectivity index (χ2n) is 4.32. The molecule has 0 fully saturated rings. The number of halogens is 1. The first-order chi connectivity index (χ1) is 10.1. The maximum atomic E-state index is 12.0. The number of rotatable bonds is 5. The number of carbonyl (C=O) groups is 1. The molecular weight excluding hydrogens is 288 g/mol. The highest BCUT2D eigenvalue weighted by atomic mass is 35.5. The van der Waals surface area contributed by atoms with Gasteiger partial charge < -0.3 is 9.47 Å². The van der Waals surface area contributed by atoms with E-state index in [4.69, 9.17) is 21.1 Å². The zero-order valence-electron chi connectivity index (χ0n) is 11.8. The minimum Gasteiger partial charge on any atom is -0.493 e. The molecule has 0 spiro atoms. The van der Waals surface area contributed by atoms with Gasteiger partial charge in [0.25, 0.3) is 0 Å². The van der Waals surface area contributed by atoms with Crippen molar-refractivity contribution in [2.45, 2.75) is 0 Å². The first kappa shape index (κ1) is 15.1. The third-order valence-corrected chi connectivity index (χ3v) is 3.18. The zero-order valence-corrected chi connectivity index (χ0v) is 12.6. The Morgan fingerprint density at radius 3 is 2.48 bits per heavy atom. The van der Waals surface area contributed by atoms with Gasteiger partial charge in [-0.25, -0.2) is 0 Å². The van der Waals surface area contributed by atoms with Gasteiger partial charge in [-0.3, -0.25) is 4.79 Å². The van der Waals surface area contributed by atoms with E-state index in [1.54, 1.807) is 56.7 Å². The molecule has 0 unspecified atom stereocenters. The van der Waals surface area contributed by atoms with Crippen LogP contribution in [0.2, 0.25) is 5.02 Å². The van der Waals surface area contributed by atoms with Crippen molar-refractivity contribution in [3.63, 3.8) is 0 Å². The van der Waals surface area contributed by atoms with Gasteiger partial charge in [-0.2, -0.15) is 0 Å². The Bertz CT molecular complexity index is 677. The summed E-state index contributed by atoms with van der Waals surface area (Å²) in [6, 6.07) is 12.3. The largest absolute Gasteiger partial charge is 0.493 e. The summed E-state index contributed by atoms with van der Waals surface area (Å²) < 4.78 is 10.4. The molecule has 2 aromatic rings. The second kappa shape index (κ2) is 6.95. The molecule has 2 rings (SSSR count). The summed E-state index contributed by atoms with van der Waals surface area (Å²) in [4.78, 5) is 12.0. The first-order valence-electron chi connectivity index (χ1n) is 6.34. The molecular formula is C17H15ClO3. The molecule has 0 atom stereocenters. The van der Waals surface area contributed by atoms with Crippen LogP contribution in [0.25, 0.3) is 6.08 Å². The Labute approximate surface area is 128 Å². The first-order valence-corrected chi connectivity index (χ1v) is 6.72. The smallest absolute Gasteiger partial charge is 0.185 e. The van der Waals surface area contributed by atoms with Crippen LogP contribution in [0.1, 0.15) is 15.9 Å². The van der Waals surface area contributed by atoms with Gasteiger partial charge in [0.15, 0.2) is 17.3 Å². The fraction of sp³-hybridized carbons (Fsp3) is 0.118. The van der Waals surface area contributed by atoms with Crippen LogP contribution in [0.5, 0.6) is 11.5 Å². The molecule has 0 aliphatic heterocycles. The van der Waals surface area contributed by atoms with E-state index in [9.17, 15) is 4.79 Å². The third kappa shape index (κ3) is 3.86. The van der Waals surface area contributed by atoms with E-state index in [1.165, 1.54) is 6.08 Å². The number of benzene rings is 2. The van der Waals surface area contributed by atoms with Crippen molar-refractivity contribution in [1.29, 1.82) is 0 Å². The van der Waals surface area contributed by atoms with Crippen LogP contribution in [0.4, 0.5) is 0 Å². The number of ketones is 1. The Morgan fingerprint density at radius 1 is 1.05 bits per heavy atom. The van der Waals surface area contributed by atoms with Crippen LogP contribution in [0, 0.1) is 0 Å². The lowest BCUT2D eigenvalue weighted by Crippen LogP contribution is -1.94. The van der Waals surface area contributed by atoms with Crippen molar-refractivity contribution >= 4 is 23.5 Å². The molecule has 0 aliphatic carbocycles. The Morgan fingerprint density at radius 2 is 1.81 bits per heavy atom. The van der Waals surface area contributed by atoms with E-state index in [1.807, 2.05) is 6.07 Å². The molecule has 0 radical (unpaired) electrons. The number of ether oxygens (including phenoxy) is 2. The summed E-state index contributed by atoms with van der Waals surface area (Å²) in [6.45, 7) is 0. The van der Waals surface area contributed by atoms with Crippen LogP contribution in [-0.2, 0) is 0 Å². The highest BCUT2D eigenvalue weighted by Crippen LogP contribution is 2.28. The third-order valence-electron chi connectivity index (χ3n) is 2.94. The lowest BCUT2D eigenvalue weighted by molar-refractivity contribution is 0.104. The summed E-state index contributed by atoms with van der Waals surface area (Å²) in [6.07, 6.45) is 3.23. The lowest BCUT2D eigenvalue weighted by Gasteiger charge is -2.07. The molecule has 0 aromatic heterocycles. The minimum atomic E-state index is -0.104. The molecule has 0 heterocycles. The monoisotopic (exact) mass is 302 g/mol. The predicted molar refractivity (Wildman–Crippen MR) is 84.4 cm³/mol. The second-order valence-corrected chi connectivity index (χ2v) is 4.76. The van der Waals surface area contributed by atoms with Gasteiger partial charge >= 0.3 is 0 Å². The summed E-state index contributed by atoms with van der Waals surface area (Å²) in [5.74, 6) is 1.16. The van der Waals surface area contributed by atoms with Crippen molar-refractivity contribution in [3.05, 3.63) is 64.7 Å². The molecule has 0 N–H and O–H groups in total. The number of methoxy groups -OCH3 is 2. The van der Waals surface area contributed by atoms with E-state index in [0.717, 1.165) is 5.56 Å². The predicted octanol–water partition coefficient (Wildman–Crippen LogP) is 4.25. The van der Waals surface area contributed by atoms with E-state index >= 15 is 0 Å². The average molecular weight is 303 g/mol. The molecule has 0 aliphatic rings. The van der Waals surface area contributed by atoms with Crippen LogP contribution >= 0.6 is 11.6 Å². The normalized spacial score (nSPS) is 10.6. The van der Waals surface area contributed by atoms with Crippen LogP contribution in [0.3, 0.4) is 0 Å². The Hall–Kier alpha value is -2.26. The van der Waals surface area contributed by atoms with Gasteiger partial charge in [-0.05, 0) is 35.9 Å². The SMILES string of the molecule is COc1ccc(C=CC(=O)c2cccc(Cl)c2)cc1OC. The minimum absolute atomic E-state index is 0.104. The van der Waals surface area contributed by atoms with Gasteiger partial charge in [0.1, 0.15) is 0 Å². The summed E-state index contributed by atoms with van der Waals surface area (Å²) in [5, 5.41) is 0.542. The van der Waals surface area contributed by atoms with E-state index in [-0.39, 0.29) is 5.78 Å². The van der Waals surface area contributed by atoms with Crippen LogP contribution in [0.15, 0.2) is 48.5 Å². The Kier molecular flexibility index (Phi) is 5.01. The molecule has 0 saturated carbocycles. The van der Waals surface area contributed by atoms with Gasteiger partial charge in [0.05, 0.1) is 14.2 Å². The van der Waals surface area contributed by atoms with Gasteiger partial charge in [0.2, 0.25) is 0 Å². The van der Waals surface area contributed by atoms with Crippen LogP contribution in [-0.4, -0.2) is 20.0 Å². The molecule has 3 nitrogen and oxygen atoms in total. The number of hydrogen-bond donors (Lipinski definition) is 0. The molecule has 4 heteroatoms. The quantitative estimate of drug-likeness (QED) is 0.612. The van der Waals surface area contributed by atoms with Gasteiger partial charge in [-0.15, -0.1) is 0 Å². The van der Waals surface area contributed by atoms with Crippen molar-refractivity contribution in [1.82, 2.24) is 0 Å². The van der Waals surface area contributed by atoms with Crippen molar-refractivity contribution in [3.8, 4) is 11.5 Å². The maximum Gasteiger partial charge on any atom is 0.185 e. The summed E-state index contributed by atoms with van der Waals surface area (Å²) in [7, 11) is 3.15. The standard InChI is InChI=1S/C17H15ClO3/c1-20-16-9-7-12(10-17(16)21-2)6-8-15(19)13-4-3-5-14(18)11-13/h3-11H,1-2H3. The van der Waals surface area contributed by atoms with E-state index < -0.39 is 0 Å². The highest BCUT2D eigenvalue weighted by Gasteiger charge is 2.04. The summed E-state index contributed by atoms with van der Waals surface area (Å²) >= 11 is 5.87. The number of allylic oxidation sites excluding steroid dienone is 1. The van der Waals surface area contributed by atoms with Crippen molar-refractivity contribution < 1.29 is 14.3 Å². The number of carbonyl (C=O) groups excluding carboxylic acids is 1. The number of hydrogen-bond acceptors (Lipinski definition) is 3. The Balaban J connectivity index is 2.19.